The fraction of sp³-hybridized carbons (Fsp3) is 0.571. The van der Waals surface area contributed by atoms with Crippen LogP contribution in [-0.4, -0.2) is 37.2 Å². The van der Waals surface area contributed by atoms with Crippen LogP contribution in [0.25, 0.3) is 0 Å². The van der Waals surface area contributed by atoms with Crippen molar-refractivity contribution in [1.82, 2.24) is 0 Å². The first-order valence-corrected chi connectivity index (χ1v) is 27.3. The summed E-state index contributed by atoms with van der Waals surface area (Å²) in [7, 11) is 0. The zero-order chi connectivity index (χ0) is 50.0. The Morgan fingerprint density at radius 2 is 0.609 bits per heavy atom. The van der Waals surface area contributed by atoms with Crippen LogP contribution in [0.5, 0.6) is 0 Å². The van der Waals surface area contributed by atoms with Gasteiger partial charge in [-0.05, 0) is 122 Å². The van der Waals surface area contributed by atoms with Gasteiger partial charge in [0, 0.05) is 19.3 Å². The summed E-state index contributed by atoms with van der Waals surface area (Å²) >= 11 is 0. The van der Waals surface area contributed by atoms with E-state index in [0.29, 0.717) is 19.3 Å². The highest BCUT2D eigenvalue weighted by atomic mass is 16.6. The summed E-state index contributed by atoms with van der Waals surface area (Å²) in [5, 5.41) is 0. The maximum Gasteiger partial charge on any atom is 0.306 e. The predicted molar refractivity (Wildman–Crippen MR) is 297 cm³/mol. The van der Waals surface area contributed by atoms with Crippen molar-refractivity contribution in [3.8, 4) is 0 Å². The van der Waals surface area contributed by atoms with Crippen LogP contribution in [0.3, 0.4) is 0 Å². The maximum absolute atomic E-state index is 12.8. The van der Waals surface area contributed by atoms with Crippen LogP contribution in [0, 0.1) is 0 Å². The molecule has 0 N–H and O–H groups in total. The average molecular weight is 951 g/mol. The van der Waals surface area contributed by atoms with Gasteiger partial charge in [-0.25, -0.2) is 0 Å². The highest BCUT2D eigenvalue weighted by Gasteiger charge is 2.19. The molecule has 0 saturated carbocycles. The first-order chi connectivity index (χ1) is 34.0. The summed E-state index contributed by atoms with van der Waals surface area (Å²) in [5.41, 5.74) is 0. The Kier molecular flexibility index (Phi) is 52.1. The molecule has 0 unspecified atom stereocenters. The minimum absolute atomic E-state index is 0.136. The van der Waals surface area contributed by atoms with Gasteiger partial charge in [-0.2, -0.15) is 0 Å². The Hall–Kier alpha value is -4.71. The molecule has 0 radical (unpaired) electrons. The van der Waals surface area contributed by atoms with Crippen molar-refractivity contribution >= 4 is 17.9 Å². The molecule has 1 atom stereocenters. The van der Waals surface area contributed by atoms with Gasteiger partial charge in [-0.3, -0.25) is 14.4 Å². The van der Waals surface area contributed by atoms with E-state index in [0.717, 1.165) is 109 Å². The Morgan fingerprint density at radius 1 is 0.304 bits per heavy atom. The number of hydrogen-bond donors (Lipinski definition) is 0. The van der Waals surface area contributed by atoms with E-state index in [1.807, 2.05) is 12.2 Å². The summed E-state index contributed by atoms with van der Waals surface area (Å²) < 4.78 is 16.7. The van der Waals surface area contributed by atoms with Gasteiger partial charge in [0.1, 0.15) is 13.2 Å². The Labute approximate surface area is 423 Å². The molecule has 386 valence electrons. The highest BCUT2D eigenvalue weighted by molar-refractivity contribution is 5.71. The number of hydrogen-bond acceptors (Lipinski definition) is 6. The van der Waals surface area contributed by atoms with E-state index in [1.165, 1.54) is 51.4 Å². The molecule has 0 spiro atoms. The van der Waals surface area contributed by atoms with Gasteiger partial charge in [0.25, 0.3) is 0 Å². The van der Waals surface area contributed by atoms with Crippen molar-refractivity contribution in [1.29, 1.82) is 0 Å². The van der Waals surface area contributed by atoms with E-state index in [9.17, 15) is 14.4 Å². The normalized spacial score (nSPS) is 13.3. The highest BCUT2D eigenvalue weighted by Crippen LogP contribution is 2.12. The number of rotatable bonds is 47. The van der Waals surface area contributed by atoms with Crippen LogP contribution in [0.15, 0.2) is 146 Å². The molecule has 0 aliphatic carbocycles. The number of ether oxygens (including phenoxy) is 3. The van der Waals surface area contributed by atoms with Crippen molar-refractivity contribution < 1.29 is 28.6 Å². The fourth-order valence-corrected chi connectivity index (χ4v) is 6.79. The molecule has 69 heavy (non-hydrogen) atoms. The van der Waals surface area contributed by atoms with Crippen LogP contribution >= 0.6 is 0 Å². The molecule has 0 aromatic heterocycles. The van der Waals surface area contributed by atoms with Crippen LogP contribution in [0.1, 0.15) is 213 Å². The van der Waals surface area contributed by atoms with Gasteiger partial charge in [-0.15, -0.1) is 0 Å². The van der Waals surface area contributed by atoms with Gasteiger partial charge in [0.05, 0.1) is 0 Å². The van der Waals surface area contributed by atoms with E-state index in [2.05, 4.69) is 154 Å². The standard InChI is InChI=1S/C63H98O6/c1-4-7-10-13-16-19-22-25-28-30-31-33-36-39-42-45-48-51-54-57-63(66)69-60(58-67-61(64)55-52-49-46-43-40-37-34-27-24-21-18-15-12-9-6-3)59-68-62(65)56-53-50-47-44-41-38-35-32-29-26-23-20-17-14-11-8-5-2/h7-8,10-11,16-17,19-20,25-29,31,33-35,38-39,42,44,47-48,51,60H,4-6,9,12-15,18,21-24,30,32,36-37,40-41,43,45-46,49-50,52-59H2,1-3H3/b10-7-,11-8-,19-16-,20-17-,28-25-,29-26-,33-31-,34-27-,38-35-,42-39-,47-44-,51-48-/t60-/m0/s1. The minimum atomic E-state index is -0.851. The summed E-state index contributed by atoms with van der Waals surface area (Å²) in [6.07, 6.45) is 79.9. The van der Waals surface area contributed by atoms with E-state index in [1.54, 1.807) is 0 Å². The van der Waals surface area contributed by atoms with Crippen LogP contribution in [0.4, 0.5) is 0 Å². The second-order valence-electron chi connectivity index (χ2n) is 17.4. The summed E-state index contributed by atoms with van der Waals surface area (Å²) in [5.74, 6) is -1.10. The summed E-state index contributed by atoms with van der Waals surface area (Å²) in [6, 6.07) is 0. The molecule has 0 fully saturated rings. The first kappa shape index (κ1) is 64.3. The Bertz CT molecular complexity index is 1560. The smallest absolute Gasteiger partial charge is 0.306 e. The van der Waals surface area contributed by atoms with Gasteiger partial charge in [-0.1, -0.05) is 218 Å². The molecule has 0 rings (SSSR count). The SMILES string of the molecule is CC/C=C\C/C=C\C/C=C\C/C=C\C/C=C\C/C=C\CCC(=O)O[C@H](COC(=O)CCC/C=C\C/C=C\C/C=C\C/C=C\C/C=C\CC)COC(=O)CCCCCCC/C=C\CCCCCCCC. The molecule has 0 heterocycles. The number of carbonyl (C=O) groups is 3. The molecule has 6 heteroatoms. The lowest BCUT2D eigenvalue weighted by atomic mass is 10.1. The third-order valence-electron chi connectivity index (χ3n) is 10.8. The van der Waals surface area contributed by atoms with Crippen LogP contribution in [-0.2, 0) is 28.6 Å². The molecule has 0 saturated heterocycles. The van der Waals surface area contributed by atoms with E-state index >= 15 is 0 Å². The average Bonchev–Trinajstić information content (AvgIpc) is 3.35. The van der Waals surface area contributed by atoms with Crippen molar-refractivity contribution in [2.24, 2.45) is 0 Å². The monoisotopic (exact) mass is 951 g/mol. The summed E-state index contributed by atoms with van der Waals surface area (Å²) in [4.78, 5) is 38.0. The Balaban J connectivity index is 4.64. The largest absolute Gasteiger partial charge is 0.462 e. The lowest BCUT2D eigenvalue weighted by Gasteiger charge is -2.18. The molecule has 0 amide bonds. The zero-order valence-corrected chi connectivity index (χ0v) is 44.0. The van der Waals surface area contributed by atoms with Crippen LogP contribution < -0.4 is 0 Å². The molecular weight excluding hydrogens is 853 g/mol. The topological polar surface area (TPSA) is 78.9 Å². The number of carbonyl (C=O) groups excluding carboxylic acids is 3. The molecule has 0 aliphatic heterocycles. The van der Waals surface area contributed by atoms with Gasteiger partial charge < -0.3 is 14.2 Å². The molecule has 0 aromatic rings. The van der Waals surface area contributed by atoms with Crippen LogP contribution in [0.2, 0.25) is 0 Å². The third kappa shape index (κ3) is 54.1. The second-order valence-corrected chi connectivity index (χ2v) is 17.4. The van der Waals surface area contributed by atoms with Crippen molar-refractivity contribution in [3.63, 3.8) is 0 Å². The molecule has 0 aromatic carbocycles. The van der Waals surface area contributed by atoms with Crippen molar-refractivity contribution in [2.75, 3.05) is 13.2 Å². The van der Waals surface area contributed by atoms with Crippen molar-refractivity contribution in [3.05, 3.63) is 146 Å². The lowest BCUT2D eigenvalue weighted by Crippen LogP contribution is -2.30. The first-order valence-electron chi connectivity index (χ1n) is 27.3. The molecular formula is C63H98O6. The maximum atomic E-state index is 12.8. The third-order valence-corrected chi connectivity index (χ3v) is 10.8. The van der Waals surface area contributed by atoms with E-state index in [-0.39, 0.29) is 38.0 Å². The fourth-order valence-electron chi connectivity index (χ4n) is 6.79. The van der Waals surface area contributed by atoms with Gasteiger partial charge >= 0.3 is 17.9 Å². The number of unbranched alkanes of at least 4 members (excludes halogenated alkanes) is 12. The Morgan fingerprint density at radius 3 is 1.01 bits per heavy atom. The van der Waals surface area contributed by atoms with Crippen molar-refractivity contribution in [2.45, 2.75) is 219 Å². The number of allylic oxidation sites excluding steroid dienone is 24. The summed E-state index contributed by atoms with van der Waals surface area (Å²) in [6.45, 7) is 6.27. The minimum Gasteiger partial charge on any atom is -0.462 e. The molecule has 0 aliphatic rings. The molecule has 0 bridgehead atoms. The van der Waals surface area contributed by atoms with E-state index < -0.39 is 12.1 Å². The van der Waals surface area contributed by atoms with Gasteiger partial charge in [0.2, 0.25) is 0 Å². The predicted octanol–water partition coefficient (Wildman–Crippen LogP) is 18.4. The van der Waals surface area contributed by atoms with E-state index in [4.69, 9.17) is 14.2 Å². The second kappa shape index (κ2) is 55.9. The molecule has 6 nitrogen and oxygen atoms in total. The lowest BCUT2D eigenvalue weighted by molar-refractivity contribution is -0.166. The quantitative estimate of drug-likeness (QED) is 0.0262. The zero-order valence-electron chi connectivity index (χ0n) is 44.0. The van der Waals surface area contributed by atoms with Gasteiger partial charge in [0.15, 0.2) is 6.10 Å². The number of esters is 3.